The summed E-state index contributed by atoms with van der Waals surface area (Å²) in [6.45, 7) is 1.97. The van der Waals surface area contributed by atoms with Crippen molar-refractivity contribution >= 4 is 40.6 Å². The maximum absolute atomic E-state index is 12.1. The fraction of sp³-hybridized carbons (Fsp3) is 0.0455. The van der Waals surface area contributed by atoms with Crippen LogP contribution in [0.15, 0.2) is 77.8 Å². The first-order valence-corrected chi connectivity index (χ1v) is 9.76. The minimum Gasteiger partial charge on any atom is -0.459 e. The lowest BCUT2D eigenvalue weighted by molar-refractivity contribution is 0.0950. The molecule has 3 heterocycles. The van der Waals surface area contributed by atoms with Crippen LogP contribution in [0.5, 0.6) is 0 Å². The molecule has 3 N–H and O–H groups in total. The van der Waals surface area contributed by atoms with Gasteiger partial charge in [0.05, 0.1) is 12.0 Å². The third kappa shape index (κ3) is 5.09. The van der Waals surface area contributed by atoms with Gasteiger partial charge in [-0.05, 0) is 67.2 Å². The number of thiocarbonyl (C=S) groups is 1. The summed E-state index contributed by atoms with van der Waals surface area (Å²) in [5.74, 6) is 0.213. The Kier molecular flexibility index (Phi) is 5.95. The lowest BCUT2D eigenvalue weighted by atomic mass is 10.2. The molecule has 0 spiro atoms. The van der Waals surface area contributed by atoms with E-state index in [1.54, 1.807) is 30.7 Å². The Hall–Kier alpha value is -4.11. The molecule has 0 aliphatic heterocycles. The van der Waals surface area contributed by atoms with Crippen molar-refractivity contribution < 1.29 is 9.21 Å². The first-order chi connectivity index (χ1) is 15.1. The fourth-order valence-electron chi connectivity index (χ4n) is 2.78. The van der Waals surface area contributed by atoms with Crippen LogP contribution in [-0.2, 0) is 0 Å². The van der Waals surface area contributed by atoms with Gasteiger partial charge in [-0.2, -0.15) is 0 Å². The molecule has 0 aliphatic carbocycles. The predicted molar refractivity (Wildman–Crippen MR) is 122 cm³/mol. The highest BCUT2D eigenvalue weighted by atomic mass is 32.1. The van der Waals surface area contributed by atoms with Gasteiger partial charge in [0.1, 0.15) is 0 Å². The van der Waals surface area contributed by atoms with Crippen molar-refractivity contribution in [1.29, 1.82) is 0 Å². The van der Waals surface area contributed by atoms with E-state index in [2.05, 4.69) is 30.9 Å². The highest BCUT2D eigenvalue weighted by molar-refractivity contribution is 7.80. The number of nitrogens with zero attached hydrogens (tertiary/aromatic N) is 3. The lowest BCUT2D eigenvalue weighted by Gasteiger charge is -2.13. The Labute approximate surface area is 183 Å². The molecule has 0 fully saturated rings. The number of hydrogen-bond acceptors (Lipinski definition) is 7. The van der Waals surface area contributed by atoms with Crippen LogP contribution in [0.4, 0.5) is 17.3 Å². The number of carbonyl (C=O) groups is 1. The Bertz CT molecular complexity index is 1210. The summed E-state index contributed by atoms with van der Waals surface area (Å²) < 4.78 is 5.06. The number of benzene rings is 1. The molecule has 0 saturated carbocycles. The predicted octanol–water partition coefficient (Wildman–Crippen LogP) is 4.31. The van der Waals surface area contributed by atoms with Gasteiger partial charge >= 0.3 is 0 Å². The van der Waals surface area contributed by atoms with Crippen LogP contribution in [0.3, 0.4) is 0 Å². The smallest absolute Gasteiger partial charge is 0.293 e. The number of pyridine rings is 1. The number of anilines is 3. The van der Waals surface area contributed by atoms with E-state index >= 15 is 0 Å². The first-order valence-electron chi connectivity index (χ1n) is 9.35. The summed E-state index contributed by atoms with van der Waals surface area (Å²) >= 11 is 5.23. The van der Waals surface area contributed by atoms with Crippen molar-refractivity contribution in [3.63, 3.8) is 0 Å². The molecular formula is C22H18N6O2S. The van der Waals surface area contributed by atoms with Crippen molar-refractivity contribution in [3.05, 3.63) is 84.7 Å². The molecule has 31 heavy (non-hydrogen) atoms. The zero-order valence-corrected chi connectivity index (χ0v) is 17.3. The van der Waals surface area contributed by atoms with Crippen LogP contribution in [0.1, 0.15) is 16.1 Å². The normalized spacial score (nSPS) is 10.4. The van der Waals surface area contributed by atoms with E-state index in [1.165, 1.54) is 6.26 Å². The second-order valence-electron chi connectivity index (χ2n) is 6.55. The zero-order chi connectivity index (χ0) is 21.6. The van der Waals surface area contributed by atoms with Gasteiger partial charge in [-0.3, -0.25) is 15.1 Å². The van der Waals surface area contributed by atoms with Crippen LogP contribution in [0, 0.1) is 6.92 Å². The molecule has 0 atom stereocenters. The van der Waals surface area contributed by atoms with E-state index in [-0.39, 0.29) is 10.9 Å². The van der Waals surface area contributed by atoms with Crippen molar-refractivity contribution in [2.75, 3.05) is 10.6 Å². The molecular weight excluding hydrogens is 412 g/mol. The van der Waals surface area contributed by atoms with Gasteiger partial charge < -0.3 is 15.1 Å². The minimum atomic E-state index is -0.423. The lowest BCUT2D eigenvalue weighted by Crippen LogP contribution is -2.33. The van der Waals surface area contributed by atoms with Gasteiger partial charge in [0, 0.05) is 35.5 Å². The summed E-state index contributed by atoms with van der Waals surface area (Å²) in [7, 11) is 0. The van der Waals surface area contributed by atoms with E-state index in [1.807, 2.05) is 43.3 Å². The quantitative estimate of drug-likeness (QED) is 0.402. The van der Waals surface area contributed by atoms with Crippen LogP contribution in [-0.4, -0.2) is 26.0 Å². The van der Waals surface area contributed by atoms with Crippen LogP contribution in [0.25, 0.3) is 11.3 Å². The monoisotopic (exact) mass is 430 g/mol. The summed E-state index contributed by atoms with van der Waals surface area (Å²) in [4.78, 5) is 25.0. The van der Waals surface area contributed by atoms with Crippen molar-refractivity contribution in [3.8, 4) is 11.3 Å². The number of aryl methyl sites for hydroxylation is 1. The number of hydrogen-bond donors (Lipinski definition) is 3. The largest absolute Gasteiger partial charge is 0.459 e. The number of aromatic nitrogens is 3. The summed E-state index contributed by atoms with van der Waals surface area (Å²) in [6, 6.07) is 14.5. The molecule has 154 valence electrons. The van der Waals surface area contributed by atoms with E-state index in [9.17, 15) is 4.79 Å². The third-order valence-corrected chi connectivity index (χ3v) is 4.53. The van der Waals surface area contributed by atoms with Crippen molar-refractivity contribution in [2.24, 2.45) is 0 Å². The maximum Gasteiger partial charge on any atom is 0.293 e. The number of amides is 1. The molecule has 0 saturated heterocycles. The van der Waals surface area contributed by atoms with Gasteiger partial charge in [0.15, 0.2) is 10.9 Å². The number of rotatable bonds is 5. The first kappa shape index (κ1) is 20.2. The van der Waals surface area contributed by atoms with E-state index in [0.29, 0.717) is 11.6 Å². The minimum absolute atomic E-state index is 0.158. The highest BCUT2D eigenvalue weighted by Crippen LogP contribution is 2.24. The molecule has 8 nitrogen and oxygen atoms in total. The standard InChI is InChI=1S/C22H18N6O2S/c1-14-6-7-16(25-22(31)28-20(29)19-5-3-11-30-19)12-18(14)27-21-24-10-8-17(26-21)15-4-2-9-23-13-15/h2-13H,1H3,(H,24,26,27)(H2,25,28,29,31). The summed E-state index contributed by atoms with van der Waals surface area (Å²) in [5.41, 5.74) is 4.15. The second kappa shape index (κ2) is 9.14. The topological polar surface area (TPSA) is 105 Å². The van der Waals surface area contributed by atoms with Gasteiger partial charge in [-0.25, -0.2) is 9.97 Å². The van der Waals surface area contributed by atoms with Gasteiger partial charge in [-0.1, -0.05) is 6.07 Å². The van der Waals surface area contributed by atoms with Crippen LogP contribution < -0.4 is 16.0 Å². The molecule has 4 rings (SSSR count). The van der Waals surface area contributed by atoms with Gasteiger partial charge in [0.2, 0.25) is 5.95 Å². The molecule has 0 unspecified atom stereocenters. The molecule has 0 bridgehead atoms. The molecule has 0 radical (unpaired) electrons. The van der Waals surface area contributed by atoms with Crippen LogP contribution >= 0.6 is 12.2 Å². The van der Waals surface area contributed by atoms with Gasteiger partial charge in [-0.15, -0.1) is 0 Å². The van der Waals surface area contributed by atoms with Crippen LogP contribution in [0.2, 0.25) is 0 Å². The van der Waals surface area contributed by atoms with Crippen molar-refractivity contribution in [2.45, 2.75) is 6.92 Å². The van der Waals surface area contributed by atoms with Crippen molar-refractivity contribution in [1.82, 2.24) is 20.3 Å². The molecule has 1 aromatic carbocycles. The number of nitrogens with one attached hydrogen (secondary N) is 3. The Morgan fingerprint density at radius 1 is 1.10 bits per heavy atom. The average Bonchev–Trinajstić information content (AvgIpc) is 3.32. The number of furan rings is 1. The SMILES string of the molecule is Cc1ccc(NC(=S)NC(=O)c2ccco2)cc1Nc1nccc(-c2cccnc2)n1. The molecule has 9 heteroatoms. The highest BCUT2D eigenvalue weighted by Gasteiger charge is 2.11. The van der Waals surface area contributed by atoms with E-state index in [4.69, 9.17) is 16.6 Å². The summed E-state index contributed by atoms with van der Waals surface area (Å²) in [5, 5.41) is 8.96. The fourth-order valence-corrected chi connectivity index (χ4v) is 2.99. The van der Waals surface area contributed by atoms with E-state index in [0.717, 1.165) is 22.5 Å². The molecule has 0 aliphatic rings. The Balaban J connectivity index is 1.47. The molecule has 1 amide bonds. The van der Waals surface area contributed by atoms with Gasteiger partial charge in [0.25, 0.3) is 5.91 Å². The molecule has 4 aromatic rings. The molecule has 3 aromatic heterocycles. The zero-order valence-electron chi connectivity index (χ0n) is 16.5. The average molecular weight is 430 g/mol. The maximum atomic E-state index is 12.1. The van der Waals surface area contributed by atoms with E-state index < -0.39 is 5.91 Å². The Morgan fingerprint density at radius 2 is 2.00 bits per heavy atom. The number of carbonyl (C=O) groups excluding carboxylic acids is 1. The Morgan fingerprint density at radius 3 is 2.77 bits per heavy atom. The summed E-state index contributed by atoms with van der Waals surface area (Å²) in [6.07, 6.45) is 6.58. The third-order valence-electron chi connectivity index (χ3n) is 4.33. The second-order valence-corrected chi connectivity index (χ2v) is 6.96.